The van der Waals surface area contributed by atoms with E-state index < -0.39 is 5.97 Å². The molecule has 1 aliphatic heterocycles. The van der Waals surface area contributed by atoms with Gasteiger partial charge in [0.2, 0.25) is 5.91 Å². The second-order valence-electron chi connectivity index (χ2n) is 6.68. The molecule has 1 atom stereocenters. The number of hydrogen-bond acceptors (Lipinski definition) is 3. The van der Waals surface area contributed by atoms with Crippen molar-refractivity contribution in [2.75, 3.05) is 19.6 Å². The SMILES string of the molecule is CCC1(C(=O)NCC2CCC(C(=O)O)CC2)CCCNC1. The number of carbonyl (C=O) groups excluding carboxylic acids is 1. The standard InChI is InChI=1S/C16H28N2O3/c1-2-16(8-3-9-17-11-16)15(21)18-10-12-4-6-13(7-5-12)14(19)20/h12-13,17H,2-11H2,1H3,(H,18,21)(H,19,20). The highest BCUT2D eigenvalue weighted by molar-refractivity contribution is 5.83. The van der Waals surface area contributed by atoms with Gasteiger partial charge in [-0.15, -0.1) is 0 Å². The molecule has 1 aliphatic carbocycles. The van der Waals surface area contributed by atoms with Gasteiger partial charge >= 0.3 is 5.97 Å². The van der Waals surface area contributed by atoms with Crippen LogP contribution in [0.3, 0.4) is 0 Å². The van der Waals surface area contributed by atoms with Crippen LogP contribution in [0.5, 0.6) is 0 Å². The fourth-order valence-electron chi connectivity index (χ4n) is 3.66. The Morgan fingerprint density at radius 2 is 2.00 bits per heavy atom. The third-order valence-electron chi connectivity index (χ3n) is 5.38. The first-order valence-electron chi connectivity index (χ1n) is 8.29. The second kappa shape index (κ2) is 7.25. The summed E-state index contributed by atoms with van der Waals surface area (Å²) >= 11 is 0. The van der Waals surface area contributed by atoms with Crippen LogP contribution in [0.25, 0.3) is 0 Å². The number of carbonyl (C=O) groups is 2. The molecule has 1 saturated heterocycles. The van der Waals surface area contributed by atoms with Crippen LogP contribution >= 0.6 is 0 Å². The number of amides is 1. The van der Waals surface area contributed by atoms with E-state index in [1.165, 1.54) is 0 Å². The molecular formula is C16H28N2O3. The van der Waals surface area contributed by atoms with E-state index in [1.807, 2.05) is 0 Å². The number of carboxylic acids is 1. The quantitative estimate of drug-likeness (QED) is 0.722. The third-order valence-corrected chi connectivity index (χ3v) is 5.38. The molecule has 1 saturated carbocycles. The predicted molar refractivity (Wildman–Crippen MR) is 80.9 cm³/mol. The van der Waals surface area contributed by atoms with E-state index in [4.69, 9.17) is 5.11 Å². The van der Waals surface area contributed by atoms with Crippen LogP contribution in [-0.4, -0.2) is 36.6 Å². The van der Waals surface area contributed by atoms with E-state index in [9.17, 15) is 9.59 Å². The van der Waals surface area contributed by atoms with Crippen molar-refractivity contribution in [2.45, 2.75) is 51.9 Å². The molecule has 1 unspecified atom stereocenters. The summed E-state index contributed by atoms with van der Waals surface area (Å²) in [6.07, 6.45) is 6.21. The lowest BCUT2D eigenvalue weighted by molar-refractivity contribution is -0.143. The van der Waals surface area contributed by atoms with Gasteiger partial charge in [-0.1, -0.05) is 6.92 Å². The van der Waals surface area contributed by atoms with E-state index in [-0.39, 0.29) is 17.2 Å². The lowest BCUT2D eigenvalue weighted by Crippen LogP contribution is -2.51. The molecule has 0 radical (unpaired) electrons. The normalized spacial score (nSPS) is 33.4. The molecule has 2 fully saturated rings. The van der Waals surface area contributed by atoms with E-state index in [0.29, 0.717) is 12.5 Å². The summed E-state index contributed by atoms with van der Waals surface area (Å²) < 4.78 is 0. The Morgan fingerprint density at radius 1 is 1.29 bits per heavy atom. The fourth-order valence-corrected chi connectivity index (χ4v) is 3.66. The Bertz CT molecular complexity index is 370. The maximum Gasteiger partial charge on any atom is 0.306 e. The molecule has 21 heavy (non-hydrogen) atoms. The van der Waals surface area contributed by atoms with Gasteiger partial charge in [0.25, 0.3) is 0 Å². The summed E-state index contributed by atoms with van der Waals surface area (Å²) in [4.78, 5) is 23.5. The molecule has 2 rings (SSSR count). The molecule has 0 aromatic heterocycles. The Kier molecular flexibility index (Phi) is 5.62. The van der Waals surface area contributed by atoms with Crippen molar-refractivity contribution in [3.8, 4) is 0 Å². The van der Waals surface area contributed by atoms with E-state index in [2.05, 4.69) is 17.6 Å². The monoisotopic (exact) mass is 296 g/mol. The van der Waals surface area contributed by atoms with Crippen molar-refractivity contribution in [1.82, 2.24) is 10.6 Å². The maximum absolute atomic E-state index is 12.5. The average Bonchev–Trinajstić information content (AvgIpc) is 2.53. The summed E-state index contributed by atoms with van der Waals surface area (Å²) in [6.45, 7) is 4.58. The minimum Gasteiger partial charge on any atom is -0.481 e. The van der Waals surface area contributed by atoms with Gasteiger partial charge in [-0.3, -0.25) is 9.59 Å². The Hall–Kier alpha value is -1.10. The van der Waals surface area contributed by atoms with Crippen LogP contribution in [0.1, 0.15) is 51.9 Å². The van der Waals surface area contributed by atoms with E-state index in [0.717, 1.165) is 58.0 Å². The number of aliphatic carboxylic acids is 1. The first-order valence-corrected chi connectivity index (χ1v) is 8.29. The summed E-state index contributed by atoms with van der Waals surface area (Å²) in [5.74, 6) is -0.232. The van der Waals surface area contributed by atoms with E-state index >= 15 is 0 Å². The molecule has 0 aromatic carbocycles. The lowest BCUT2D eigenvalue weighted by Gasteiger charge is -2.36. The second-order valence-corrected chi connectivity index (χ2v) is 6.68. The number of rotatable bonds is 5. The van der Waals surface area contributed by atoms with Gasteiger partial charge in [-0.05, 0) is 57.4 Å². The molecule has 120 valence electrons. The summed E-state index contributed by atoms with van der Waals surface area (Å²) in [6, 6.07) is 0. The predicted octanol–water partition coefficient (Wildman–Crippen LogP) is 1.77. The number of hydrogen-bond donors (Lipinski definition) is 3. The van der Waals surface area contributed by atoms with Gasteiger partial charge in [-0.25, -0.2) is 0 Å². The van der Waals surface area contributed by atoms with Gasteiger partial charge in [0, 0.05) is 13.1 Å². The zero-order chi connectivity index (χ0) is 15.3. The summed E-state index contributed by atoms with van der Waals surface area (Å²) in [5.41, 5.74) is -0.240. The molecule has 0 aromatic rings. The largest absolute Gasteiger partial charge is 0.481 e. The molecule has 5 heteroatoms. The first-order chi connectivity index (χ1) is 10.1. The van der Waals surface area contributed by atoms with Gasteiger partial charge in [-0.2, -0.15) is 0 Å². The van der Waals surface area contributed by atoms with Crippen LogP contribution in [-0.2, 0) is 9.59 Å². The van der Waals surface area contributed by atoms with Crippen LogP contribution in [0.4, 0.5) is 0 Å². The molecule has 3 N–H and O–H groups in total. The Morgan fingerprint density at radius 3 is 2.52 bits per heavy atom. The number of carboxylic acid groups (broad SMARTS) is 1. The molecular weight excluding hydrogens is 268 g/mol. The highest BCUT2D eigenvalue weighted by Gasteiger charge is 2.38. The molecule has 0 spiro atoms. The summed E-state index contributed by atoms with van der Waals surface area (Å²) in [5, 5.41) is 15.5. The van der Waals surface area contributed by atoms with Crippen molar-refractivity contribution in [1.29, 1.82) is 0 Å². The van der Waals surface area contributed by atoms with Crippen LogP contribution < -0.4 is 10.6 Å². The summed E-state index contributed by atoms with van der Waals surface area (Å²) in [7, 11) is 0. The fraction of sp³-hybridized carbons (Fsp3) is 0.875. The minimum atomic E-state index is -0.671. The Balaban J connectivity index is 1.77. The molecule has 1 amide bonds. The smallest absolute Gasteiger partial charge is 0.306 e. The van der Waals surface area contributed by atoms with Gasteiger partial charge in [0.05, 0.1) is 11.3 Å². The molecule has 0 bridgehead atoms. The first kappa shape index (κ1) is 16.3. The average molecular weight is 296 g/mol. The van der Waals surface area contributed by atoms with Crippen molar-refractivity contribution >= 4 is 11.9 Å². The van der Waals surface area contributed by atoms with Crippen molar-refractivity contribution in [2.24, 2.45) is 17.3 Å². The third kappa shape index (κ3) is 3.96. The van der Waals surface area contributed by atoms with Crippen molar-refractivity contribution in [3.63, 3.8) is 0 Å². The number of piperidine rings is 1. The van der Waals surface area contributed by atoms with Gasteiger partial charge in [0.1, 0.15) is 0 Å². The highest BCUT2D eigenvalue weighted by Crippen LogP contribution is 2.31. The molecule has 1 heterocycles. The van der Waals surface area contributed by atoms with Gasteiger partial charge < -0.3 is 15.7 Å². The molecule has 5 nitrogen and oxygen atoms in total. The van der Waals surface area contributed by atoms with Crippen LogP contribution in [0, 0.1) is 17.3 Å². The maximum atomic E-state index is 12.5. The number of nitrogens with one attached hydrogen (secondary N) is 2. The zero-order valence-corrected chi connectivity index (χ0v) is 13.0. The lowest BCUT2D eigenvalue weighted by atomic mass is 9.77. The van der Waals surface area contributed by atoms with E-state index in [1.54, 1.807) is 0 Å². The zero-order valence-electron chi connectivity index (χ0n) is 13.0. The minimum absolute atomic E-state index is 0.178. The van der Waals surface area contributed by atoms with Crippen molar-refractivity contribution in [3.05, 3.63) is 0 Å². The van der Waals surface area contributed by atoms with Crippen LogP contribution in [0.2, 0.25) is 0 Å². The topological polar surface area (TPSA) is 78.4 Å². The van der Waals surface area contributed by atoms with Crippen molar-refractivity contribution < 1.29 is 14.7 Å². The van der Waals surface area contributed by atoms with Gasteiger partial charge in [0.15, 0.2) is 0 Å². The Labute approximate surface area is 126 Å². The highest BCUT2D eigenvalue weighted by atomic mass is 16.4. The van der Waals surface area contributed by atoms with Crippen LogP contribution in [0.15, 0.2) is 0 Å². The molecule has 2 aliphatic rings.